The van der Waals surface area contributed by atoms with Crippen LogP contribution in [0.25, 0.3) is 0 Å². The highest BCUT2D eigenvalue weighted by Crippen LogP contribution is 2.37. The quantitative estimate of drug-likeness (QED) is 0.893. The maximum Gasteiger partial charge on any atom is 0.0707 e. The monoisotopic (exact) mass is 346 g/mol. The molecule has 0 amide bonds. The minimum absolute atomic E-state index is 0.237. The smallest absolute Gasteiger partial charge is 0.0707 e. The van der Waals surface area contributed by atoms with E-state index in [0.717, 1.165) is 16.6 Å². The van der Waals surface area contributed by atoms with E-state index in [1.165, 1.54) is 5.56 Å². The van der Waals surface area contributed by atoms with E-state index < -0.39 is 0 Å². The first-order chi connectivity index (χ1) is 8.56. The fraction of sp³-hybridized carbons (Fsp3) is 0.571. The van der Waals surface area contributed by atoms with Crippen molar-refractivity contribution in [2.45, 2.75) is 42.1 Å². The molecule has 1 N–H and O–H groups in total. The molecule has 1 aliphatic rings. The summed E-state index contributed by atoms with van der Waals surface area (Å²) >= 11 is 7.36. The Morgan fingerprint density at radius 3 is 2.56 bits per heavy atom. The van der Waals surface area contributed by atoms with Gasteiger partial charge in [-0.25, -0.2) is 0 Å². The third kappa shape index (κ3) is 3.92. The summed E-state index contributed by atoms with van der Waals surface area (Å²) in [5.74, 6) is 1.06. The van der Waals surface area contributed by atoms with Gasteiger partial charge in [0, 0.05) is 26.0 Å². The van der Waals surface area contributed by atoms with E-state index in [1.807, 2.05) is 35.7 Å². The van der Waals surface area contributed by atoms with Crippen molar-refractivity contribution in [3.05, 3.63) is 34.3 Å². The lowest BCUT2D eigenvalue weighted by atomic mass is 10.1. The summed E-state index contributed by atoms with van der Waals surface area (Å²) in [7, 11) is 0. The van der Waals surface area contributed by atoms with Gasteiger partial charge in [0.15, 0.2) is 0 Å². The zero-order chi connectivity index (χ0) is 13.1. The van der Waals surface area contributed by atoms with Crippen molar-refractivity contribution in [1.82, 2.24) is 0 Å². The Morgan fingerprint density at radius 2 is 1.94 bits per heavy atom. The maximum absolute atomic E-state index is 10.4. The second-order valence-electron chi connectivity index (χ2n) is 4.82. The van der Waals surface area contributed by atoms with Gasteiger partial charge in [-0.2, -0.15) is 23.5 Å². The van der Waals surface area contributed by atoms with E-state index in [1.54, 1.807) is 0 Å². The molecule has 100 valence electrons. The summed E-state index contributed by atoms with van der Waals surface area (Å²) in [4.78, 5) is 0. The third-order valence-corrected chi connectivity index (χ3v) is 7.43. The van der Waals surface area contributed by atoms with Crippen LogP contribution in [0.1, 0.15) is 19.4 Å². The topological polar surface area (TPSA) is 20.2 Å². The summed E-state index contributed by atoms with van der Waals surface area (Å²) in [5.41, 5.74) is 1.21. The molecule has 1 aromatic carbocycles. The van der Waals surface area contributed by atoms with Crippen LogP contribution in [0, 0.1) is 0 Å². The van der Waals surface area contributed by atoms with Crippen molar-refractivity contribution in [1.29, 1.82) is 0 Å². The van der Waals surface area contributed by atoms with E-state index in [4.69, 9.17) is 0 Å². The van der Waals surface area contributed by atoms with Gasteiger partial charge in [0.1, 0.15) is 0 Å². The molecular formula is C14H19BrOS2. The Kier molecular flexibility index (Phi) is 5.48. The first-order valence-corrected chi connectivity index (χ1v) is 9.04. The number of hydrogen-bond donors (Lipinski definition) is 1. The van der Waals surface area contributed by atoms with Crippen molar-refractivity contribution in [2.24, 2.45) is 0 Å². The van der Waals surface area contributed by atoms with Crippen LogP contribution in [0.2, 0.25) is 0 Å². The predicted octanol–water partition coefficient (Wildman–Crippen LogP) is 3.98. The summed E-state index contributed by atoms with van der Waals surface area (Å²) < 4.78 is 1.09. The van der Waals surface area contributed by atoms with Crippen LogP contribution in [-0.2, 0) is 6.42 Å². The molecule has 4 atom stereocenters. The molecular weight excluding hydrogens is 328 g/mol. The molecule has 1 saturated heterocycles. The molecule has 4 heteroatoms. The number of thioether (sulfide) groups is 2. The van der Waals surface area contributed by atoms with Crippen LogP contribution in [0.3, 0.4) is 0 Å². The average Bonchev–Trinajstić information content (AvgIpc) is 2.35. The van der Waals surface area contributed by atoms with Gasteiger partial charge in [-0.3, -0.25) is 0 Å². The van der Waals surface area contributed by atoms with Crippen molar-refractivity contribution in [2.75, 3.05) is 5.75 Å². The highest BCUT2D eigenvalue weighted by atomic mass is 79.9. The van der Waals surface area contributed by atoms with Crippen LogP contribution in [0.5, 0.6) is 0 Å². The zero-order valence-corrected chi connectivity index (χ0v) is 13.9. The highest BCUT2D eigenvalue weighted by Gasteiger charge is 2.30. The molecule has 18 heavy (non-hydrogen) atoms. The summed E-state index contributed by atoms with van der Waals surface area (Å²) in [5, 5.41) is 12.1. The SMILES string of the molecule is CC1SCC(C(O)Cc2ccc(Br)cc2)SC1C. The largest absolute Gasteiger partial charge is 0.392 e. The van der Waals surface area contributed by atoms with E-state index in [2.05, 4.69) is 41.9 Å². The molecule has 2 rings (SSSR count). The lowest BCUT2D eigenvalue weighted by Gasteiger charge is -2.33. The van der Waals surface area contributed by atoms with Gasteiger partial charge in [0.05, 0.1) is 6.10 Å². The molecule has 1 aromatic rings. The van der Waals surface area contributed by atoms with Crippen molar-refractivity contribution in [3.63, 3.8) is 0 Å². The standard InChI is InChI=1S/C14H19BrOS2/c1-9-10(2)18-14(8-17-9)13(16)7-11-3-5-12(15)6-4-11/h3-6,9-10,13-14,16H,7-8H2,1-2H3. The second-order valence-corrected chi connectivity index (χ2v) is 8.76. The molecule has 1 heterocycles. The Balaban J connectivity index is 1.91. The molecule has 4 unspecified atom stereocenters. The normalized spacial score (nSPS) is 30.1. The Labute approximate surface area is 126 Å². The van der Waals surface area contributed by atoms with Gasteiger partial charge < -0.3 is 5.11 Å². The number of halogens is 1. The van der Waals surface area contributed by atoms with Gasteiger partial charge in [-0.05, 0) is 24.1 Å². The van der Waals surface area contributed by atoms with Crippen LogP contribution in [0.4, 0.5) is 0 Å². The van der Waals surface area contributed by atoms with E-state index in [0.29, 0.717) is 15.7 Å². The van der Waals surface area contributed by atoms with Crippen LogP contribution in [0.15, 0.2) is 28.7 Å². The molecule has 1 aliphatic heterocycles. The fourth-order valence-electron chi connectivity index (χ4n) is 2.00. The molecule has 0 aromatic heterocycles. The van der Waals surface area contributed by atoms with Crippen molar-refractivity contribution in [3.8, 4) is 0 Å². The van der Waals surface area contributed by atoms with Gasteiger partial charge in [-0.15, -0.1) is 0 Å². The molecule has 0 saturated carbocycles. The summed E-state index contributed by atoms with van der Waals surface area (Å²) in [6.45, 7) is 4.54. The Morgan fingerprint density at radius 1 is 1.28 bits per heavy atom. The minimum atomic E-state index is -0.237. The predicted molar refractivity (Wildman–Crippen MR) is 86.6 cm³/mol. The first-order valence-electron chi connectivity index (χ1n) is 6.26. The minimum Gasteiger partial charge on any atom is -0.392 e. The first kappa shape index (κ1) is 14.8. The number of rotatable bonds is 3. The molecule has 0 radical (unpaired) electrons. The Bertz CT molecular complexity index is 382. The lowest BCUT2D eigenvalue weighted by Crippen LogP contribution is -2.35. The average molecular weight is 347 g/mol. The van der Waals surface area contributed by atoms with Crippen LogP contribution in [-0.4, -0.2) is 32.7 Å². The number of hydrogen-bond acceptors (Lipinski definition) is 3. The number of aliphatic hydroxyl groups excluding tert-OH is 1. The summed E-state index contributed by atoms with van der Waals surface area (Å²) in [6, 6.07) is 8.24. The van der Waals surface area contributed by atoms with E-state index >= 15 is 0 Å². The van der Waals surface area contributed by atoms with Gasteiger partial charge >= 0.3 is 0 Å². The summed E-state index contributed by atoms with van der Waals surface area (Å²) in [6.07, 6.45) is 0.519. The highest BCUT2D eigenvalue weighted by molar-refractivity contribution is 9.10. The lowest BCUT2D eigenvalue weighted by molar-refractivity contribution is 0.177. The zero-order valence-electron chi connectivity index (χ0n) is 10.7. The number of aliphatic hydroxyl groups is 1. The van der Waals surface area contributed by atoms with Crippen LogP contribution < -0.4 is 0 Å². The van der Waals surface area contributed by atoms with Gasteiger partial charge in [0.2, 0.25) is 0 Å². The van der Waals surface area contributed by atoms with Crippen molar-refractivity contribution >= 4 is 39.5 Å². The maximum atomic E-state index is 10.4. The second kappa shape index (κ2) is 6.69. The van der Waals surface area contributed by atoms with E-state index in [-0.39, 0.29) is 6.10 Å². The fourth-order valence-corrected chi connectivity index (χ4v) is 5.28. The Hall–Kier alpha value is 0.360. The van der Waals surface area contributed by atoms with Crippen LogP contribution >= 0.6 is 39.5 Å². The molecule has 1 fully saturated rings. The third-order valence-electron chi connectivity index (χ3n) is 3.36. The van der Waals surface area contributed by atoms with Crippen molar-refractivity contribution < 1.29 is 5.11 Å². The molecule has 0 spiro atoms. The van der Waals surface area contributed by atoms with Gasteiger partial charge in [-0.1, -0.05) is 41.9 Å². The molecule has 1 nitrogen and oxygen atoms in total. The van der Waals surface area contributed by atoms with Gasteiger partial charge in [0.25, 0.3) is 0 Å². The molecule has 0 aliphatic carbocycles. The number of benzene rings is 1. The van der Waals surface area contributed by atoms with E-state index in [9.17, 15) is 5.11 Å². The molecule has 0 bridgehead atoms.